The SMILES string of the molecule is CN(c1ccc(C(=O)Nc2ccc(N3CCCC3=O)cc2)cc1)S(=O)(=O)c1cccs1. The molecule has 1 saturated heterocycles. The van der Waals surface area contributed by atoms with Gasteiger partial charge in [-0.25, -0.2) is 8.42 Å². The van der Waals surface area contributed by atoms with E-state index in [-0.39, 0.29) is 16.0 Å². The lowest BCUT2D eigenvalue weighted by Crippen LogP contribution is -2.25. The third-order valence-corrected chi connectivity index (χ3v) is 8.27. The van der Waals surface area contributed by atoms with Crippen LogP contribution >= 0.6 is 11.3 Å². The third kappa shape index (κ3) is 4.33. The van der Waals surface area contributed by atoms with Crippen molar-refractivity contribution in [3.8, 4) is 0 Å². The number of anilines is 3. The van der Waals surface area contributed by atoms with Gasteiger partial charge in [-0.05, 0) is 66.4 Å². The number of hydrogen-bond acceptors (Lipinski definition) is 5. The molecule has 0 saturated carbocycles. The molecule has 1 aliphatic heterocycles. The topological polar surface area (TPSA) is 86.8 Å². The lowest BCUT2D eigenvalue weighted by atomic mass is 10.2. The predicted octanol–water partition coefficient (Wildman–Crippen LogP) is 3.95. The number of carbonyl (C=O) groups is 2. The van der Waals surface area contributed by atoms with Gasteiger partial charge >= 0.3 is 0 Å². The monoisotopic (exact) mass is 455 g/mol. The molecule has 0 bridgehead atoms. The molecule has 2 amide bonds. The van der Waals surface area contributed by atoms with Crippen LogP contribution in [0.4, 0.5) is 17.1 Å². The number of sulfonamides is 1. The van der Waals surface area contributed by atoms with Crippen LogP contribution in [0.3, 0.4) is 0 Å². The predicted molar refractivity (Wildman–Crippen MR) is 122 cm³/mol. The van der Waals surface area contributed by atoms with Crippen molar-refractivity contribution in [2.24, 2.45) is 0 Å². The molecule has 3 aromatic rings. The van der Waals surface area contributed by atoms with E-state index in [1.807, 2.05) is 12.1 Å². The number of rotatable bonds is 6. The van der Waals surface area contributed by atoms with Gasteiger partial charge in [0.25, 0.3) is 15.9 Å². The lowest BCUT2D eigenvalue weighted by Gasteiger charge is -2.18. The zero-order valence-electron chi connectivity index (χ0n) is 16.8. The fraction of sp³-hybridized carbons (Fsp3) is 0.182. The Morgan fingerprint density at radius 1 is 1.06 bits per heavy atom. The number of amides is 2. The second-order valence-corrected chi connectivity index (χ2v) is 10.2. The molecule has 9 heteroatoms. The first kappa shape index (κ1) is 21.1. The molecule has 2 heterocycles. The zero-order chi connectivity index (χ0) is 22.0. The summed E-state index contributed by atoms with van der Waals surface area (Å²) in [5, 5.41) is 4.53. The quantitative estimate of drug-likeness (QED) is 0.610. The summed E-state index contributed by atoms with van der Waals surface area (Å²) >= 11 is 1.16. The highest BCUT2D eigenvalue weighted by Gasteiger charge is 2.23. The van der Waals surface area contributed by atoms with Crippen LogP contribution in [0.15, 0.2) is 70.3 Å². The molecule has 2 aromatic carbocycles. The highest BCUT2D eigenvalue weighted by molar-refractivity contribution is 7.94. The molecule has 0 unspecified atom stereocenters. The van der Waals surface area contributed by atoms with Crippen LogP contribution < -0.4 is 14.5 Å². The first-order valence-electron chi connectivity index (χ1n) is 9.70. The molecule has 0 atom stereocenters. The molecule has 1 N–H and O–H groups in total. The Kier molecular flexibility index (Phi) is 5.79. The number of thiophene rings is 1. The maximum Gasteiger partial charge on any atom is 0.273 e. The Balaban J connectivity index is 1.43. The summed E-state index contributed by atoms with van der Waals surface area (Å²) in [6, 6.07) is 16.8. The Morgan fingerprint density at radius 2 is 1.77 bits per heavy atom. The maximum atomic E-state index is 12.6. The molecule has 0 radical (unpaired) electrons. The fourth-order valence-electron chi connectivity index (χ4n) is 3.36. The van der Waals surface area contributed by atoms with Crippen molar-refractivity contribution >= 4 is 50.2 Å². The molecule has 0 spiro atoms. The molecule has 7 nitrogen and oxygen atoms in total. The Hall–Kier alpha value is -3.17. The summed E-state index contributed by atoms with van der Waals surface area (Å²) in [6.45, 7) is 0.716. The van der Waals surface area contributed by atoms with Crippen molar-refractivity contribution in [2.45, 2.75) is 17.1 Å². The standard InChI is InChI=1S/C22H21N3O4S2/c1-24(31(28,29)21-5-3-15-30-21)18-10-6-16(7-11-18)22(27)23-17-8-12-19(13-9-17)25-14-2-4-20(25)26/h3,5-13,15H,2,4,14H2,1H3,(H,23,27). The van der Waals surface area contributed by atoms with Crippen LogP contribution in [0, 0.1) is 0 Å². The molecular formula is C22H21N3O4S2. The van der Waals surface area contributed by atoms with E-state index in [4.69, 9.17) is 0 Å². The van der Waals surface area contributed by atoms with Gasteiger partial charge in [0.2, 0.25) is 5.91 Å². The Morgan fingerprint density at radius 3 is 2.35 bits per heavy atom. The van der Waals surface area contributed by atoms with Gasteiger partial charge in [-0.3, -0.25) is 13.9 Å². The maximum absolute atomic E-state index is 12.6. The van der Waals surface area contributed by atoms with E-state index in [1.54, 1.807) is 58.8 Å². The van der Waals surface area contributed by atoms with Crippen molar-refractivity contribution in [1.82, 2.24) is 0 Å². The van der Waals surface area contributed by atoms with Gasteiger partial charge in [0.15, 0.2) is 0 Å². The first-order valence-corrected chi connectivity index (χ1v) is 12.0. The normalized spacial score (nSPS) is 14.0. The summed E-state index contributed by atoms with van der Waals surface area (Å²) in [5.74, 6) is -0.191. The zero-order valence-corrected chi connectivity index (χ0v) is 18.4. The summed E-state index contributed by atoms with van der Waals surface area (Å²) in [6.07, 6.45) is 1.43. The minimum atomic E-state index is -3.62. The van der Waals surface area contributed by atoms with Gasteiger partial charge in [0.1, 0.15) is 4.21 Å². The Bertz CT molecular complexity index is 1190. The average molecular weight is 456 g/mol. The molecule has 0 aliphatic carbocycles. The van der Waals surface area contributed by atoms with Crippen LogP contribution in [0.2, 0.25) is 0 Å². The van der Waals surface area contributed by atoms with E-state index in [0.29, 0.717) is 29.9 Å². The summed E-state index contributed by atoms with van der Waals surface area (Å²) < 4.78 is 26.7. The van der Waals surface area contributed by atoms with E-state index in [9.17, 15) is 18.0 Å². The highest BCUT2D eigenvalue weighted by atomic mass is 32.2. The van der Waals surface area contributed by atoms with Crippen molar-refractivity contribution in [3.63, 3.8) is 0 Å². The molecule has 1 aromatic heterocycles. The molecule has 31 heavy (non-hydrogen) atoms. The summed E-state index contributed by atoms with van der Waals surface area (Å²) in [5.41, 5.74) is 2.30. The van der Waals surface area contributed by atoms with Gasteiger partial charge in [-0.1, -0.05) is 6.07 Å². The fourth-order valence-corrected chi connectivity index (χ4v) is 5.71. The van der Waals surface area contributed by atoms with Crippen molar-refractivity contribution in [2.75, 3.05) is 28.1 Å². The van der Waals surface area contributed by atoms with Gasteiger partial charge in [-0.15, -0.1) is 11.3 Å². The lowest BCUT2D eigenvalue weighted by molar-refractivity contribution is -0.117. The Labute approximate surface area is 185 Å². The third-order valence-electron chi connectivity index (χ3n) is 5.11. The van der Waals surface area contributed by atoms with E-state index in [2.05, 4.69) is 5.32 Å². The minimum absolute atomic E-state index is 0.114. The van der Waals surface area contributed by atoms with Crippen LogP contribution in [-0.2, 0) is 14.8 Å². The molecule has 1 aliphatic rings. The summed E-state index contributed by atoms with van der Waals surface area (Å²) in [7, 11) is -2.14. The number of carbonyl (C=O) groups excluding carboxylic acids is 2. The van der Waals surface area contributed by atoms with Crippen molar-refractivity contribution < 1.29 is 18.0 Å². The van der Waals surface area contributed by atoms with Gasteiger partial charge in [0, 0.05) is 37.0 Å². The largest absolute Gasteiger partial charge is 0.322 e. The van der Waals surface area contributed by atoms with E-state index in [1.165, 1.54) is 11.4 Å². The second kappa shape index (κ2) is 8.52. The minimum Gasteiger partial charge on any atom is -0.322 e. The summed E-state index contributed by atoms with van der Waals surface area (Å²) in [4.78, 5) is 26.1. The number of nitrogens with zero attached hydrogens (tertiary/aromatic N) is 2. The van der Waals surface area contributed by atoms with E-state index < -0.39 is 10.0 Å². The molecule has 4 rings (SSSR count). The van der Waals surface area contributed by atoms with Crippen LogP contribution in [0.1, 0.15) is 23.2 Å². The van der Waals surface area contributed by atoms with Crippen molar-refractivity contribution in [1.29, 1.82) is 0 Å². The van der Waals surface area contributed by atoms with E-state index >= 15 is 0 Å². The van der Waals surface area contributed by atoms with E-state index in [0.717, 1.165) is 23.4 Å². The highest BCUT2D eigenvalue weighted by Crippen LogP contribution is 2.26. The van der Waals surface area contributed by atoms with Crippen molar-refractivity contribution in [3.05, 3.63) is 71.6 Å². The van der Waals surface area contributed by atoms with Gasteiger partial charge < -0.3 is 10.2 Å². The number of benzene rings is 2. The number of nitrogens with one attached hydrogen (secondary N) is 1. The van der Waals surface area contributed by atoms with Crippen LogP contribution in [-0.4, -0.2) is 33.8 Å². The molecule has 1 fully saturated rings. The van der Waals surface area contributed by atoms with Gasteiger partial charge in [-0.2, -0.15) is 0 Å². The molecule has 160 valence electrons. The second-order valence-electron chi connectivity index (χ2n) is 7.10. The average Bonchev–Trinajstić information content (AvgIpc) is 3.46. The smallest absolute Gasteiger partial charge is 0.273 e. The number of hydrogen-bond donors (Lipinski definition) is 1. The van der Waals surface area contributed by atoms with Crippen LogP contribution in [0.25, 0.3) is 0 Å². The van der Waals surface area contributed by atoms with Crippen LogP contribution in [0.5, 0.6) is 0 Å². The first-order chi connectivity index (χ1) is 14.9. The van der Waals surface area contributed by atoms with Gasteiger partial charge in [0.05, 0.1) is 5.69 Å². The molecular weight excluding hydrogens is 434 g/mol.